The summed E-state index contributed by atoms with van der Waals surface area (Å²) >= 11 is 1.33. The zero-order chi connectivity index (χ0) is 61.4. The monoisotopic (exact) mass is 1210 g/mol. The third kappa shape index (κ3) is 14.0. The van der Waals surface area contributed by atoms with E-state index >= 15 is 0 Å². The zero-order valence-electron chi connectivity index (χ0n) is 49.6. The van der Waals surface area contributed by atoms with Crippen LogP contribution in [0.3, 0.4) is 0 Å². The van der Waals surface area contributed by atoms with Crippen LogP contribution in [0.2, 0.25) is 0 Å². The standard InChI is InChI=1S/C64H71N7O15S/c1-64(2,87-56-35-59(74)69(63(56)78)20-18-60(75)86-71-57(72)15-16-58(71)73)39-67(21-22-82-25-26-83-24-23-79-4)44-28-40(37-84-54-33-48(65-3)46(31-52(54)80-5)61(76)68-19-17-42-11-7-9-13-50(42)68)27-41(29-44)38-85-55-34-49-47(32-53(55)81-6)62(77)70-45(36-66-49)30-43-12-8-10-14-51(43)70/h7-14,27-29,31-34,36,45,56,65H,15-26,30,35,37-39H2,1-6H3/t45-,56?/m0/s1. The van der Waals surface area contributed by atoms with Gasteiger partial charge in [-0.2, -0.15) is 0 Å². The van der Waals surface area contributed by atoms with Gasteiger partial charge in [-0.1, -0.05) is 36.4 Å². The second-order valence-electron chi connectivity index (χ2n) is 22.0. The van der Waals surface area contributed by atoms with E-state index in [9.17, 15) is 33.6 Å². The first-order chi connectivity index (χ1) is 42.1. The van der Waals surface area contributed by atoms with Crippen molar-refractivity contribution in [2.75, 3.05) is 108 Å². The van der Waals surface area contributed by atoms with Crippen LogP contribution in [0.25, 0.3) is 0 Å². The molecule has 458 valence electrons. The molecule has 1 N–H and O–H groups in total. The Morgan fingerprint density at radius 2 is 1.38 bits per heavy atom. The van der Waals surface area contributed by atoms with Gasteiger partial charge in [0.25, 0.3) is 23.6 Å². The van der Waals surface area contributed by atoms with Crippen molar-refractivity contribution >= 4 is 87.8 Å². The number of carbonyl (C=O) groups excluding carboxylic acids is 7. The Bertz CT molecular complexity index is 3470. The van der Waals surface area contributed by atoms with E-state index in [1.807, 2.05) is 80.6 Å². The van der Waals surface area contributed by atoms with Crippen molar-refractivity contribution in [1.82, 2.24) is 9.96 Å². The van der Waals surface area contributed by atoms with Crippen molar-refractivity contribution in [3.63, 3.8) is 0 Å². The van der Waals surface area contributed by atoms with Crippen LogP contribution in [0.5, 0.6) is 23.0 Å². The van der Waals surface area contributed by atoms with Crippen LogP contribution in [-0.2, 0) is 69.1 Å². The Balaban J connectivity index is 0.929. The molecule has 6 amide bonds. The number of carbonyl (C=O) groups is 7. The molecule has 2 fully saturated rings. The summed E-state index contributed by atoms with van der Waals surface area (Å²) < 4.78 is 41.3. The highest BCUT2D eigenvalue weighted by Crippen LogP contribution is 2.43. The number of benzene rings is 5. The number of hydroxylamine groups is 2. The van der Waals surface area contributed by atoms with Gasteiger partial charge in [0.15, 0.2) is 23.0 Å². The zero-order valence-corrected chi connectivity index (χ0v) is 50.4. The van der Waals surface area contributed by atoms with Gasteiger partial charge in [0.1, 0.15) is 13.2 Å². The van der Waals surface area contributed by atoms with Gasteiger partial charge in [-0.05, 0) is 85.0 Å². The van der Waals surface area contributed by atoms with Crippen molar-refractivity contribution < 1.29 is 71.6 Å². The summed E-state index contributed by atoms with van der Waals surface area (Å²) in [6.45, 7) is 6.76. The molecule has 5 aliphatic heterocycles. The number of hydrogen-bond donors (Lipinski definition) is 1. The summed E-state index contributed by atoms with van der Waals surface area (Å²) in [5.41, 5.74) is 7.85. The lowest BCUT2D eigenvalue weighted by atomic mass is 10.1. The average molecular weight is 1210 g/mol. The lowest BCUT2D eigenvalue weighted by Crippen LogP contribution is -2.41. The molecule has 0 aliphatic carbocycles. The minimum Gasteiger partial charge on any atom is -0.493 e. The third-order valence-electron chi connectivity index (χ3n) is 15.5. The van der Waals surface area contributed by atoms with E-state index in [2.05, 4.69) is 10.2 Å². The van der Waals surface area contributed by atoms with E-state index in [0.29, 0.717) is 103 Å². The number of imide groups is 2. The number of amides is 6. The number of aliphatic imine (C=N–C) groups is 1. The number of thioether (sulfide) groups is 1. The highest BCUT2D eigenvalue weighted by molar-refractivity contribution is 8.02. The van der Waals surface area contributed by atoms with Crippen LogP contribution in [-0.4, -0.2) is 161 Å². The molecule has 5 aromatic rings. The molecule has 5 aromatic carbocycles. The predicted octanol–water partition coefficient (Wildman–Crippen LogP) is 7.52. The van der Waals surface area contributed by atoms with Gasteiger partial charge in [0.2, 0.25) is 11.8 Å². The van der Waals surface area contributed by atoms with Crippen molar-refractivity contribution in [2.24, 2.45) is 4.99 Å². The summed E-state index contributed by atoms with van der Waals surface area (Å²) in [6.07, 6.45) is 2.53. The molecule has 22 nitrogen and oxygen atoms in total. The van der Waals surface area contributed by atoms with Crippen LogP contribution in [0, 0.1) is 0 Å². The van der Waals surface area contributed by atoms with E-state index in [-0.39, 0.29) is 63.5 Å². The predicted molar refractivity (Wildman–Crippen MR) is 326 cm³/mol. The van der Waals surface area contributed by atoms with Crippen molar-refractivity contribution in [3.05, 3.63) is 124 Å². The van der Waals surface area contributed by atoms with E-state index in [4.69, 9.17) is 43.0 Å². The summed E-state index contributed by atoms with van der Waals surface area (Å²) in [5.74, 6) is -2.06. The normalized spacial score (nSPS) is 16.9. The van der Waals surface area contributed by atoms with Crippen LogP contribution < -0.4 is 39.0 Å². The highest BCUT2D eigenvalue weighted by Gasteiger charge is 2.43. The molecular formula is C64H71N7O15S. The van der Waals surface area contributed by atoms with Gasteiger partial charge in [-0.15, -0.1) is 16.8 Å². The Hall–Kier alpha value is -8.51. The molecule has 0 bridgehead atoms. The first-order valence-corrected chi connectivity index (χ1v) is 29.8. The second kappa shape index (κ2) is 27.5. The SMILES string of the molecule is CNc1cc(OCc2cc(COc3cc4c(cc3OC)C(=O)N3c5ccccc5C[C@H]3C=N4)cc(N(CCOCCOCCOC)CC(C)(C)SC3CC(=O)N(CCC(=O)ON4C(=O)CCC4=O)C3=O)c2)c(OC)cc1C(=O)N1CCc2ccccc21. The molecule has 1 unspecified atom stereocenters. The number of likely N-dealkylation sites (tertiary alicyclic amines) is 1. The molecular weight excluding hydrogens is 1140 g/mol. The van der Waals surface area contributed by atoms with Crippen LogP contribution in [0.15, 0.2) is 96.0 Å². The molecule has 2 atom stereocenters. The first kappa shape index (κ1) is 61.6. The number of para-hydroxylation sites is 2. The summed E-state index contributed by atoms with van der Waals surface area (Å²) in [5, 5.41) is 2.84. The Morgan fingerprint density at radius 3 is 2.08 bits per heavy atom. The molecule has 2 saturated heterocycles. The van der Waals surface area contributed by atoms with Crippen molar-refractivity contribution in [1.29, 1.82) is 0 Å². The quantitative estimate of drug-likeness (QED) is 0.0377. The molecule has 23 heteroatoms. The number of nitrogens with zero attached hydrogens (tertiary/aromatic N) is 6. The van der Waals surface area contributed by atoms with Crippen LogP contribution >= 0.6 is 11.8 Å². The van der Waals surface area contributed by atoms with Gasteiger partial charge in [-0.25, -0.2) is 4.79 Å². The Morgan fingerprint density at radius 1 is 0.724 bits per heavy atom. The minimum absolute atomic E-state index is 0.0213. The number of methoxy groups -OCH3 is 3. The minimum atomic E-state index is -0.918. The Kier molecular flexibility index (Phi) is 19.4. The fourth-order valence-corrected chi connectivity index (χ4v) is 12.8. The smallest absolute Gasteiger partial charge is 0.335 e. The molecule has 10 rings (SSSR count). The van der Waals surface area contributed by atoms with Crippen LogP contribution in [0.1, 0.15) is 82.5 Å². The van der Waals surface area contributed by atoms with E-state index in [1.54, 1.807) is 54.4 Å². The van der Waals surface area contributed by atoms with E-state index < -0.39 is 46.0 Å². The number of rotatable bonds is 28. The van der Waals surface area contributed by atoms with Crippen molar-refractivity contribution in [3.8, 4) is 23.0 Å². The molecule has 0 spiro atoms. The summed E-state index contributed by atoms with van der Waals surface area (Å²) in [4.78, 5) is 109. The maximum absolute atomic E-state index is 14.3. The lowest BCUT2D eigenvalue weighted by Gasteiger charge is -2.35. The van der Waals surface area contributed by atoms with E-state index in [0.717, 1.165) is 50.6 Å². The largest absolute Gasteiger partial charge is 0.493 e. The number of nitrogens with one attached hydrogen (secondary N) is 1. The number of hydrogen-bond acceptors (Lipinski definition) is 19. The van der Waals surface area contributed by atoms with Crippen LogP contribution in [0.4, 0.5) is 28.4 Å². The molecule has 5 heterocycles. The fraction of sp³-hybridized carbons (Fsp3) is 0.406. The van der Waals surface area contributed by atoms with Crippen molar-refractivity contribution in [2.45, 2.75) is 81.6 Å². The second-order valence-corrected chi connectivity index (χ2v) is 23.9. The Labute approximate surface area is 508 Å². The topological polar surface area (TPSA) is 234 Å². The number of ether oxygens (including phenoxy) is 7. The van der Waals surface area contributed by atoms with Gasteiger partial charge in [0.05, 0.1) is 87.5 Å². The first-order valence-electron chi connectivity index (χ1n) is 28.9. The summed E-state index contributed by atoms with van der Waals surface area (Å²) in [7, 11) is 6.39. The maximum Gasteiger partial charge on any atom is 0.335 e. The number of fused-ring (bicyclic) bond motifs is 5. The number of anilines is 4. The van der Waals surface area contributed by atoms with Gasteiger partial charge in [-0.3, -0.25) is 43.6 Å². The molecule has 5 aliphatic rings. The third-order valence-corrected chi connectivity index (χ3v) is 17.0. The maximum atomic E-state index is 14.3. The highest BCUT2D eigenvalue weighted by atomic mass is 32.2. The average Bonchev–Trinajstić information content (AvgIpc) is 1.86. The lowest BCUT2D eigenvalue weighted by molar-refractivity contribution is -0.197. The fourth-order valence-electron chi connectivity index (χ4n) is 11.3. The summed E-state index contributed by atoms with van der Waals surface area (Å²) in [6, 6.07) is 28.2. The molecule has 0 radical (unpaired) electrons. The van der Waals surface area contributed by atoms with Gasteiger partial charge in [0, 0.05) is 106 Å². The molecule has 0 saturated carbocycles. The molecule has 87 heavy (non-hydrogen) atoms. The van der Waals surface area contributed by atoms with Gasteiger partial charge >= 0.3 is 5.97 Å². The van der Waals surface area contributed by atoms with Gasteiger partial charge < -0.3 is 53.1 Å². The van der Waals surface area contributed by atoms with E-state index in [1.165, 1.54) is 26.0 Å². The molecule has 0 aromatic heterocycles.